The number of ether oxygens (including phenoxy) is 1. The second-order valence-electron chi connectivity index (χ2n) is 4.65. The third-order valence-corrected chi connectivity index (χ3v) is 3.70. The zero-order valence-electron chi connectivity index (χ0n) is 12.0. The van der Waals surface area contributed by atoms with Gasteiger partial charge in [0.25, 0.3) is 0 Å². The first-order valence-electron chi connectivity index (χ1n) is 6.35. The van der Waals surface area contributed by atoms with E-state index >= 15 is 0 Å². The van der Waals surface area contributed by atoms with E-state index < -0.39 is 6.61 Å². The molecule has 0 fully saturated rings. The van der Waals surface area contributed by atoms with Crippen LogP contribution in [-0.4, -0.2) is 16.4 Å². The molecule has 0 aliphatic heterocycles. The van der Waals surface area contributed by atoms with Gasteiger partial charge < -0.3 is 10.1 Å². The Labute approximate surface area is 130 Å². The van der Waals surface area contributed by atoms with E-state index in [-0.39, 0.29) is 5.75 Å². The van der Waals surface area contributed by atoms with E-state index in [4.69, 9.17) is 0 Å². The van der Waals surface area contributed by atoms with Gasteiger partial charge in [0.2, 0.25) is 0 Å². The Morgan fingerprint density at radius 1 is 1.38 bits per heavy atom. The molecule has 7 heteroatoms. The van der Waals surface area contributed by atoms with Crippen molar-refractivity contribution >= 4 is 21.6 Å². The molecule has 114 valence electrons. The van der Waals surface area contributed by atoms with E-state index in [1.165, 1.54) is 6.07 Å². The minimum Gasteiger partial charge on any atom is -0.434 e. The van der Waals surface area contributed by atoms with Gasteiger partial charge in [0.05, 0.1) is 17.1 Å². The topological polar surface area (TPSA) is 39.1 Å². The molecule has 1 N–H and O–H groups in total. The summed E-state index contributed by atoms with van der Waals surface area (Å²) < 4.78 is 32.0. The van der Waals surface area contributed by atoms with Crippen LogP contribution >= 0.6 is 15.9 Å². The standard InChI is InChI=1S/C14H16BrF2N3O/c1-8-13(9(2)20(3)19-8)18-7-10-6-11(15)4-5-12(10)21-14(16)17/h4-6,14,18H,7H2,1-3H3. The lowest BCUT2D eigenvalue weighted by Crippen LogP contribution is -2.08. The molecule has 0 spiro atoms. The van der Waals surface area contributed by atoms with Crippen LogP contribution in [0.3, 0.4) is 0 Å². The second-order valence-corrected chi connectivity index (χ2v) is 5.57. The average Bonchev–Trinajstić information content (AvgIpc) is 2.64. The lowest BCUT2D eigenvalue weighted by atomic mass is 10.2. The quantitative estimate of drug-likeness (QED) is 0.876. The summed E-state index contributed by atoms with van der Waals surface area (Å²) in [6, 6.07) is 4.95. The van der Waals surface area contributed by atoms with Gasteiger partial charge in [-0.3, -0.25) is 4.68 Å². The third-order valence-electron chi connectivity index (χ3n) is 3.20. The Hall–Kier alpha value is -1.63. The largest absolute Gasteiger partial charge is 0.434 e. The third kappa shape index (κ3) is 3.72. The Morgan fingerprint density at radius 2 is 2.10 bits per heavy atom. The highest BCUT2D eigenvalue weighted by atomic mass is 79.9. The summed E-state index contributed by atoms with van der Waals surface area (Å²) in [5.41, 5.74) is 3.40. The van der Waals surface area contributed by atoms with Gasteiger partial charge in [-0.25, -0.2) is 0 Å². The Morgan fingerprint density at radius 3 is 2.67 bits per heavy atom. The van der Waals surface area contributed by atoms with E-state index in [0.29, 0.717) is 12.1 Å². The molecule has 0 radical (unpaired) electrons. The molecule has 0 unspecified atom stereocenters. The monoisotopic (exact) mass is 359 g/mol. The number of halogens is 3. The van der Waals surface area contributed by atoms with Gasteiger partial charge in [-0.2, -0.15) is 13.9 Å². The fourth-order valence-electron chi connectivity index (χ4n) is 2.11. The normalized spacial score (nSPS) is 11.0. The maximum Gasteiger partial charge on any atom is 0.387 e. The van der Waals surface area contributed by atoms with Crippen LogP contribution in [0, 0.1) is 13.8 Å². The molecule has 0 bridgehead atoms. The molecule has 0 aliphatic carbocycles. The van der Waals surface area contributed by atoms with Crippen molar-refractivity contribution in [3.8, 4) is 5.75 Å². The summed E-state index contributed by atoms with van der Waals surface area (Å²) in [5.74, 6) is 0.167. The Bertz CT molecular complexity index is 643. The highest BCUT2D eigenvalue weighted by Crippen LogP contribution is 2.27. The van der Waals surface area contributed by atoms with E-state index in [9.17, 15) is 8.78 Å². The maximum absolute atomic E-state index is 12.4. The smallest absolute Gasteiger partial charge is 0.387 e. The molecule has 2 rings (SSSR count). The van der Waals surface area contributed by atoms with Crippen molar-refractivity contribution in [2.24, 2.45) is 7.05 Å². The van der Waals surface area contributed by atoms with Crippen molar-refractivity contribution in [1.82, 2.24) is 9.78 Å². The number of hydrogen-bond donors (Lipinski definition) is 1. The zero-order chi connectivity index (χ0) is 15.6. The van der Waals surface area contributed by atoms with Crippen LogP contribution in [0.25, 0.3) is 0 Å². The van der Waals surface area contributed by atoms with Crippen LogP contribution in [0.15, 0.2) is 22.7 Å². The van der Waals surface area contributed by atoms with Gasteiger partial charge in [-0.1, -0.05) is 15.9 Å². The van der Waals surface area contributed by atoms with Crippen LogP contribution in [0.5, 0.6) is 5.75 Å². The molecular weight excluding hydrogens is 344 g/mol. The van der Waals surface area contributed by atoms with Crippen molar-refractivity contribution in [3.63, 3.8) is 0 Å². The van der Waals surface area contributed by atoms with Crippen LogP contribution < -0.4 is 10.1 Å². The zero-order valence-corrected chi connectivity index (χ0v) is 13.5. The van der Waals surface area contributed by atoms with Crippen LogP contribution in [0.2, 0.25) is 0 Å². The van der Waals surface area contributed by atoms with Gasteiger partial charge in [-0.05, 0) is 32.0 Å². The number of anilines is 1. The molecule has 0 saturated carbocycles. The molecule has 0 aliphatic rings. The van der Waals surface area contributed by atoms with Crippen LogP contribution in [-0.2, 0) is 13.6 Å². The van der Waals surface area contributed by atoms with Crippen molar-refractivity contribution in [1.29, 1.82) is 0 Å². The number of nitrogens with one attached hydrogen (secondary N) is 1. The predicted molar refractivity (Wildman–Crippen MR) is 80.8 cm³/mol. The first-order chi connectivity index (χ1) is 9.88. The average molecular weight is 360 g/mol. The number of hydrogen-bond acceptors (Lipinski definition) is 3. The number of aromatic nitrogens is 2. The summed E-state index contributed by atoms with van der Waals surface area (Å²) in [6.45, 7) is 1.37. The first-order valence-corrected chi connectivity index (χ1v) is 7.15. The molecule has 4 nitrogen and oxygen atoms in total. The summed E-state index contributed by atoms with van der Waals surface area (Å²) in [5, 5.41) is 7.54. The lowest BCUT2D eigenvalue weighted by molar-refractivity contribution is -0.0504. The molecule has 1 aromatic heterocycles. The fourth-order valence-corrected chi connectivity index (χ4v) is 2.52. The molecule has 21 heavy (non-hydrogen) atoms. The van der Waals surface area contributed by atoms with Crippen molar-refractivity contribution in [2.75, 3.05) is 5.32 Å². The highest BCUT2D eigenvalue weighted by molar-refractivity contribution is 9.10. The predicted octanol–water partition coefficient (Wildman–Crippen LogP) is 4.01. The van der Waals surface area contributed by atoms with Crippen molar-refractivity contribution < 1.29 is 13.5 Å². The van der Waals surface area contributed by atoms with E-state index in [0.717, 1.165) is 21.5 Å². The SMILES string of the molecule is Cc1nn(C)c(C)c1NCc1cc(Br)ccc1OC(F)F. The maximum atomic E-state index is 12.4. The molecule has 0 atom stereocenters. The number of nitrogens with zero attached hydrogens (tertiary/aromatic N) is 2. The van der Waals surface area contributed by atoms with E-state index in [2.05, 4.69) is 31.1 Å². The van der Waals surface area contributed by atoms with E-state index in [1.807, 2.05) is 20.9 Å². The summed E-state index contributed by atoms with van der Waals surface area (Å²) >= 11 is 3.33. The number of alkyl halides is 2. The Balaban J connectivity index is 2.21. The van der Waals surface area contributed by atoms with Crippen molar-refractivity contribution in [2.45, 2.75) is 27.0 Å². The van der Waals surface area contributed by atoms with Gasteiger partial charge >= 0.3 is 6.61 Å². The van der Waals surface area contributed by atoms with Crippen LogP contribution in [0.1, 0.15) is 17.0 Å². The molecule has 1 aromatic carbocycles. The number of benzene rings is 1. The van der Waals surface area contributed by atoms with Crippen LogP contribution in [0.4, 0.5) is 14.5 Å². The van der Waals surface area contributed by atoms with Gasteiger partial charge in [0, 0.05) is 23.6 Å². The second kappa shape index (κ2) is 6.43. The molecular formula is C14H16BrF2N3O. The minimum absolute atomic E-state index is 0.167. The van der Waals surface area contributed by atoms with Gasteiger partial charge in [0.1, 0.15) is 5.75 Å². The summed E-state index contributed by atoms with van der Waals surface area (Å²) in [4.78, 5) is 0. The Kier molecular flexibility index (Phi) is 4.82. The van der Waals surface area contributed by atoms with E-state index in [1.54, 1.807) is 16.8 Å². The minimum atomic E-state index is -2.84. The highest BCUT2D eigenvalue weighted by Gasteiger charge is 2.13. The number of rotatable bonds is 5. The summed E-state index contributed by atoms with van der Waals surface area (Å²) in [6.07, 6.45) is 0. The number of aryl methyl sites for hydroxylation is 2. The molecule has 0 amide bonds. The van der Waals surface area contributed by atoms with Gasteiger partial charge in [-0.15, -0.1) is 0 Å². The van der Waals surface area contributed by atoms with Gasteiger partial charge in [0.15, 0.2) is 0 Å². The lowest BCUT2D eigenvalue weighted by Gasteiger charge is -2.13. The molecule has 1 heterocycles. The van der Waals surface area contributed by atoms with Crippen molar-refractivity contribution in [3.05, 3.63) is 39.6 Å². The molecule has 0 saturated heterocycles. The molecule has 2 aromatic rings. The first kappa shape index (κ1) is 15.8. The summed E-state index contributed by atoms with van der Waals surface area (Å²) in [7, 11) is 1.86. The fraction of sp³-hybridized carbons (Fsp3) is 0.357.